The zero-order valence-electron chi connectivity index (χ0n) is 16.0. The summed E-state index contributed by atoms with van der Waals surface area (Å²) in [4.78, 5) is 8.66. The van der Waals surface area contributed by atoms with Crippen molar-refractivity contribution in [2.24, 2.45) is 15.9 Å². The molecule has 1 fully saturated rings. The number of hydrogen-bond acceptors (Lipinski definition) is 2. The van der Waals surface area contributed by atoms with Crippen LogP contribution in [0.4, 0.5) is 0 Å². The molecular formula is C23H25ClN2O. The summed E-state index contributed by atoms with van der Waals surface area (Å²) in [6.07, 6.45) is 3.49. The van der Waals surface area contributed by atoms with Gasteiger partial charge in [-0.1, -0.05) is 25.1 Å². The fourth-order valence-electron chi connectivity index (χ4n) is 2.89. The van der Waals surface area contributed by atoms with E-state index < -0.39 is 0 Å². The van der Waals surface area contributed by atoms with Crippen LogP contribution in [0.1, 0.15) is 42.0 Å². The number of rotatable bonds is 7. The highest BCUT2D eigenvalue weighted by Crippen LogP contribution is 2.30. The van der Waals surface area contributed by atoms with Gasteiger partial charge in [0.15, 0.2) is 5.84 Å². The Bertz CT molecular complexity index is 880. The van der Waals surface area contributed by atoms with E-state index in [0.717, 1.165) is 41.4 Å². The number of hydrogen-bond donors (Lipinski definition) is 0. The van der Waals surface area contributed by atoms with E-state index in [9.17, 15) is 0 Å². The summed E-state index contributed by atoms with van der Waals surface area (Å²) in [7, 11) is 0. The van der Waals surface area contributed by atoms with Crippen molar-refractivity contribution in [2.45, 2.75) is 33.1 Å². The zero-order valence-corrected chi connectivity index (χ0v) is 16.7. The minimum atomic E-state index is 0.477. The predicted octanol–water partition coefficient (Wildman–Crippen LogP) is 6.12. The van der Waals surface area contributed by atoms with Crippen molar-refractivity contribution >= 4 is 29.9 Å². The fraction of sp³-hybridized carbons (Fsp3) is 0.304. The Morgan fingerprint density at radius 2 is 1.93 bits per heavy atom. The van der Waals surface area contributed by atoms with Crippen molar-refractivity contribution < 1.29 is 4.74 Å². The molecule has 2 aromatic rings. The fourth-order valence-corrected chi connectivity index (χ4v) is 3.16. The molecule has 0 saturated heterocycles. The summed E-state index contributed by atoms with van der Waals surface area (Å²) in [5.41, 5.74) is 4.67. The Kier molecular flexibility index (Phi) is 6.12. The molecular weight excluding hydrogens is 356 g/mol. The number of nitrogens with zero attached hydrogens (tertiary/aromatic N) is 2. The first-order chi connectivity index (χ1) is 13.0. The van der Waals surface area contributed by atoms with Crippen LogP contribution in [0.2, 0.25) is 5.02 Å². The van der Waals surface area contributed by atoms with E-state index in [4.69, 9.17) is 16.3 Å². The highest BCUT2D eigenvalue weighted by Gasteiger charge is 2.21. The normalized spacial score (nSPS) is 14.1. The quantitative estimate of drug-likeness (QED) is 0.421. The van der Waals surface area contributed by atoms with Crippen LogP contribution < -0.4 is 4.74 Å². The van der Waals surface area contributed by atoms with Gasteiger partial charge in [-0.2, -0.15) is 0 Å². The summed E-state index contributed by atoms with van der Waals surface area (Å²) < 4.78 is 5.78. The lowest BCUT2D eigenvalue weighted by Gasteiger charge is -2.10. The average molecular weight is 381 g/mol. The SMILES string of the molecule is C=N/C(=N\C(=C)c1ccc(OCC2CC2)cc1)c1cc(C)c(CC)cc1Cl. The molecule has 0 spiro atoms. The van der Waals surface area contributed by atoms with Crippen LogP contribution in [0.3, 0.4) is 0 Å². The Balaban J connectivity index is 1.79. The second kappa shape index (κ2) is 8.53. The van der Waals surface area contributed by atoms with Crippen molar-refractivity contribution in [3.63, 3.8) is 0 Å². The van der Waals surface area contributed by atoms with Crippen LogP contribution in [0.5, 0.6) is 5.75 Å². The average Bonchev–Trinajstić information content (AvgIpc) is 3.51. The lowest BCUT2D eigenvalue weighted by Crippen LogP contribution is -2.01. The molecule has 0 aromatic heterocycles. The molecule has 1 saturated carbocycles. The van der Waals surface area contributed by atoms with Crippen LogP contribution in [0.15, 0.2) is 53.0 Å². The van der Waals surface area contributed by atoms with Gasteiger partial charge in [-0.15, -0.1) is 0 Å². The maximum Gasteiger partial charge on any atom is 0.160 e. The maximum atomic E-state index is 6.45. The zero-order chi connectivity index (χ0) is 19.4. The number of benzene rings is 2. The standard InChI is InChI=1S/C23H25ClN2O/c1-5-18-13-22(24)21(12-15(18)2)23(25-4)26-16(3)19-8-10-20(11-9-19)27-14-17-6-7-17/h8-13,17H,3-7,14H2,1-2H3/b26-23-. The molecule has 0 heterocycles. The smallest absolute Gasteiger partial charge is 0.160 e. The van der Waals surface area contributed by atoms with E-state index in [1.807, 2.05) is 36.4 Å². The van der Waals surface area contributed by atoms with Gasteiger partial charge in [-0.05, 0) is 91.9 Å². The molecule has 1 aliphatic carbocycles. The molecule has 0 amide bonds. The first kappa shape index (κ1) is 19.4. The van der Waals surface area contributed by atoms with Crippen LogP contribution in [-0.4, -0.2) is 19.2 Å². The highest BCUT2D eigenvalue weighted by atomic mass is 35.5. The predicted molar refractivity (Wildman–Crippen MR) is 115 cm³/mol. The molecule has 0 radical (unpaired) electrons. The number of aliphatic imine (C=N–C) groups is 2. The molecule has 27 heavy (non-hydrogen) atoms. The van der Waals surface area contributed by atoms with Gasteiger partial charge in [0.1, 0.15) is 5.75 Å². The number of aryl methyl sites for hydroxylation is 2. The molecule has 0 atom stereocenters. The second-order valence-electron chi connectivity index (χ2n) is 6.93. The Hall–Kier alpha value is -2.39. The van der Waals surface area contributed by atoms with Crippen molar-refractivity contribution in [1.29, 1.82) is 0 Å². The third-order valence-corrected chi connectivity index (χ3v) is 5.12. The van der Waals surface area contributed by atoms with E-state index in [-0.39, 0.29) is 0 Å². The summed E-state index contributed by atoms with van der Waals surface area (Å²) in [6, 6.07) is 11.8. The maximum absolute atomic E-state index is 6.45. The Morgan fingerprint density at radius 3 is 2.52 bits per heavy atom. The second-order valence-corrected chi connectivity index (χ2v) is 7.34. The van der Waals surface area contributed by atoms with E-state index in [2.05, 4.69) is 37.1 Å². The summed E-state index contributed by atoms with van der Waals surface area (Å²) in [6.45, 7) is 12.7. The van der Waals surface area contributed by atoms with Crippen molar-refractivity contribution in [2.75, 3.05) is 6.61 Å². The molecule has 0 bridgehead atoms. The molecule has 140 valence electrons. The molecule has 1 aliphatic rings. The molecule has 4 heteroatoms. The highest BCUT2D eigenvalue weighted by molar-refractivity contribution is 6.34. The molecule has 2 aromatic carbocycles. The van der Waals surface area contributed by atoms with Crippen LogP contribution >= 0.6 is 11.6 Å². The summed E-state index contributed by atoms with van der Waals surface area (Å²) >= 11 is 6.45. The monoisotopic (exact) mass is 380 g/mol. The third kappa shape index (κ3) is 4.86. The molecule has 0 unspecified atom stereocenters. The van der Waals surface area contributed by atoms with Gasteiger partial charge in [0, 0.05) is 5.56 Å². The minimum Gasteiger partial charge on any atom is -0.493 e. The van der Waals surface area contributed by atoms with E-state index in [0.29, 0.717) is 16.6 Å². The minimum absolute atomic E-state index is 0.477. The first-order valence-corrected chi connectivity index (χ1v) is 9.66. The van der Waals surface area contributed by atoms with Crippen LogP contribution in [-0.2, 0) is 6.42 Å². The number of amidine groups is 1. The number of halogens is 1. The van der Waals surface area contributed by atoms with Crippen molar-refractivity contribution in [1.82, 2.24) is 0 Å². The van der Waals surface area contributed by atoms with Gasteiger partial charge < -0.3 is 4.74 Å². The van der Waals surface area contributed by atoms with Gasteiger partial charge >= 0.3 is 0 Å². The van der Waals surface area contributed by atoms with Crippen molar-refractivity contribution in [3.8, 4) is 5.75 Å². The van der Waals surface area contributed by atoms with Gasteiger partial charge in [0.05, 0.1) is 17.3 Å². The van der Waals surface area contributed by atoms with Gasteiger partial charge in [0.2, 0.25) is 0 Å². The van der Waals surface area contributed by atoms with E-state index in [1.165, 1.54) is 18.4 Å². The van der Waals surface area contributed by atoms with Crippen LogP contribution in [0, 0.1) is 12.8 Å². The lowest BCUT2D eigenvalue weighted by molar-refractivity contribution is 0.300. The van der Waals surface area contributed by atoms with Gasteiger partial charge in [-0.3, -0.25) is 0 Å². The Labute approximate surface area is 166 Å². The molecule has 0 aliphatic heterocycles. The first-order valence-electron chi connectivity index (χ1n) is 9.28. The Morgan fingerprint density at radius 1 is 1.22 bits per heavy atom. The molecule has 0 N–H and O–H groups in total. The van der Waals surface area contributed by atoms with Gasteiger partial charge in [0.25, 0.3) is 0 Å². The molecule has 3 rings (SSSR count). The van der Waals surface area contributed by atoms with E-state index >= 15 is 0 Å². The summed E-state index contributed by atoms with van der Waals surface area (Å²) in [5, 5.41) is 0.625. The van der Waals surface area contributed by atoms with Gasteiger partial charge in [-0.25, -0.2) is 9.98 Å². The lowest BCUT2D eigenvalue weighted by atomic mass is 10.0. The summed E-state index contributed by atoms with van der Waals surface area (Å²) in [5.74, 6) is 2.08. The topological polar surface area (TPSA) is 34.0 Å². The largest absolute Gasteiger partial charge is 0.493 e. The van der Waals surface area contributed by atoms with Crippen LogP contribution in [0.25, 0.3) is 5.70 Å². The number of ether oxygens (including phenoxy) is 1. The molecule has 3 nitrogen and oxygen atoms in total. The third-order valence-electron chi connectivity index (χ3n) is 4.81. The van der Waals surface area contributed by atoms with Crippen molar-refractivity contribution in [3.05, 3.63) is 70.3 Å². The van der Waals surface area contributed by atoms with E-state index in [1.54, 1.807) is 0 Å².